The van der Waals surface area contributed by atoms with Crippen molar-refractivity contribution in [2.75, 3.05) is 5.32 Å². The normalized spacial score (nSPS) is 38.1. The maximum atomic E-state index is 13.3. The van der Waals surface area contributed by atoms with Gasteiger partial charge in [0, 0.05) is 11.6 Å². The second-order valence-electron chi connectivity index (χ2n) is 6.13. The Morgan fingerprint density at radius 3 is 2.58 bits per heavy atom. The second-order valence-corrected chi connectivity index (χ2v) is 6.54. The zero-order valence-corrected chi connectivity index (χ0v) is 11.2. The topological polar surface area (TPSA) is 29.1 Å². The van der Waals surface area contributed by atoms with Crippen molar-refractivity contribution in [2.24, 2.45) is 29.6 Å². The molecule has 4 unspecified atom stereocenters. The Hall–Kier alpha value is -1.09. The highest BCUT2D eigenvalue weighted by atomic mass is 35.5. The third-order valence-corrected chi connectivity index (χ3v) is 5.53. The third kappa shape index (κ3) is 1.71. The van der Waals surface area contributed by atoms with E-state index in [4.69, 9.17) is 11.6 Å². The summed E-state index contributed by atoms with van der Waals surface area (Å²) in [6, 6.07) is 4.41. The number of hydrogen-bond acceptors (Lipinski definition) is 1. The third-order valence-electron chi connectivity index (χ3n) is 5.23. The zero-order chi connectivity index (χ0) is 13.1. The number of hydrogen-bond donors (Lipinski definition) is 1. The maximum Gasteiger partial charge on any atom is 0.228 e. The van der Waals surface area contributed by atoms with Gasteiger partial charge < -0.3 is 5.32 Å². The quantitative estimate of drug-likeness (QED) is 0.878. The summed E-state index contributed by atoms with van der Waals surface area (Å²) in [6.45, 7) is 0. The smallest absolute Gasteiger partial charge is 0.228 e. The van der Waals surface area contributed by atoms with Crippen molar-refractivity contribution in [1.29, 1.82) is 0 Å². The van der Waals surface area contributed by atoms with Crippen LogP contribution in [0.5, 0.6) is 0 Å². The summed E-state index contributed by atoms with van der Waals surface area (Å²) >= 11 is 5.63. The Bertz CT molecular complexity index is 545. The maximum absolute atomic E-state index is 13.3. The second kappa shape index (κ2) is 3.95. The molecule has 4 atom stereocenters. The Kier molecular flexibility index (Phi) is 2.44. The number of rotatable bonds is 2. The number of anilines is 1. The fraction of sp³-hybridized carbons (Fsp3) is 0.533. The van der Waals surface area contributed by atoms with E-state index in [2.05, 4.69) is 5.32 Å². The number of benzene rings is 1. The molecule has 1 aromatic rings. The SMILES string of the molecule is O=C(Nc1ccc(Cl)c(F)c1)C1C2C3CCC(C3)C12. The molecule has 0 saturated heterocycles. The van der Waals surface area contributed by atoms with Crippen LogP contribution in [0, 0.1) is 35.4 Å². The molecule has 1 aromatic carbocycles. The molecule has 100 valence electrons. The van der Waals surface area contributed by atoms with Gasteiger partial charge in [-0.3, -0.25) is 4.79 Å². The lowest BCUT2D eigenvalue weighted by Crippen LogP contribution is -2.18. The number of carbonyl (C=O) groups excluding carboxylic acids is 1. The molecule has 3 fully saturated rings. The first-order valence-electron chi connectivity index (χ1n) is 6.91. The van der Waals surface area contributed by atoms with Crippen molar-refractivity contribution in [3.63, 3.8) is 0 Å². The lowest BCUT2D eigenvalue weighted by Gasteiger charge is -2.10. The molecular formula is C15H15ClFNO. The summed E-state index contributed by atoms with van der Waals surface area (Å²) < 4.78 is 13.3. The molecule has 19 heavy (non-hydrogen) atoms. The molecule has 0 radical (unpaired) electrons. The van der Waals surface area contributed by atoms with Gasteiger partial charge in [0.05, 0.1) is 5.02 Å². The summed E-state index contributed by atoms with van der Waals surface area (Å²) in [5.74, 6) is 2.50. The first-order valence-corrected chi connectivity index (χ1v) is 7.29. The van der Waals surface area contributed by atoms with Crippen molar-refractivity contribution in [1.82, 2.24) is 0 Å². The van der Waals surface area contributed by atoms with Crippen LogP contribution >= 0.6 is 11.6 Å². The number of nitrogens with one attached hydrogen (secondary N) is 1. The highest BCUT2D eigenvalue weighted by Crippen LogP contribution is 2.69. The van der Waals surface area contributed by atoms with Crippen LogP contribution in [0.2, 0.25) is 5.02 Å². The van der Waals surface area contributed by atoms with Crippen molar-refractivity contribution in [3.8, 4) is 0 Å². The summed E-state index contributed by atoms with van der Waals surface area (Å²) in [5, 5.41) is 2.91. The van der Waals surface area contributed by atoms with Gasteiger partial charge in [-0.2, -0.15) is 0 Å². The van der Waals surface area contributed by atoms with Gasteiger partial charge in [-0.1, -0.05) is 11.6 Å². The molecular weight excluding hydrogens is 265 g/mol. The molecule has 1 N–H and O–H groups in total. The minimum absolute atomic E-state index is 0.0633. The van der Waals surface area contributed by atoms with Gasteiger partial charge in [-0.25, -0.2) is 4.39 Å². The van der Waals surface area contributed by atoms with E-state index in [1.54, 1.807) is 6.07 Å². The zero-order valence-electron chi connectivity index (χ0n) is 10.4. The van der Waals surface area contributed by atoms with Crippen LogP contribution in [0.3, 0.4) is 0 Å². The minimum atomic E-state index is -0.490. The highest BCUT2D eigenvalue weighted by molar-refractivity contribution is 6.30. The van der Waals surface area contributed by atoms with Gasteiger partial charge >= 0.3 is 0 Å². The number of amides is 1. The Morgan fingerprint density at radius 1 is 1.26 bits per heavy atom. The average Bonchev–Trinajstić information content (AvgIpc) is 2.83. The first-order chi connectivity index (χ1) is 9.15. The Morgan fingerprint density at radius 2 is 1.95 bits per heavy atom. The van der Waals surface area contributed by atoms with Crippen LogP contribution in [0.25, 0.3) is 0 Å². The van der Waals surface area contributed by atoms with Crippen LogP contribution in [0.15, 0.2) is 18.2 Å². The molecule has 4 rings (SSSR count). The monoisotopic (exact) mass is 279 g/mol. The van der Waals surface area contributed by atoms with Crippen LogP contribution in [0.4, 0.5) is 10.1 Å². The average molecular weight is 280 g/mol. The van der Waals surface area contributed by atoms with Crippen molar-refractivity contribution in [2.45, 2.75) is 19.3 Å². The lowest BCUT2D eigenvalue weighted by atomic mass is 10.0. The van der Waals surface area contributed by atoms with Gasteiger partial charge in [0.25, 0.3) is 0 Å². The van der Waals surface area contributed by atoms with E-state index in [-0.39, 0.29) is 16.8 Å². The molecule has 0 aromatic heterocycles. The molecule has 3 saturated carbocycles. The van der Waals surface area contributed by atoms with Gasteiger partial charge in [0.2, 0.25) is 5.91 Å². The predicted molar refractivity (Wildman–Crippen MR) is 71.3 cm³/mol. The molecule has 2 nitrogen and oxygen atoms in total. The van der Waals surface area contributed by atoms with E-state index in [0.29, 0.717) is 17.5 Å². The predicted octanol–water partition coefficient (Wildman–Crippen LogP) is 3.71. The van der Waals surface area contributed by atoms with Gasteiger partial charge in [-0.15, -0.1) is 0 Å². The van der Waals surface area contributed by atoms with Crippen LogP contribution in [-0.2, 0) is 4.79 Å². The summed E-state index contributed by atoms with van der Waals surface area (Å²) in [4.78, 5) is 12.2. The van der Waals surface area contributed by atoms with E-state index in [1.165, 1.54) is 31.4 Å². The molecule has 2 bridgehead atoms. The molecule has 0 aliphatic heterocycles. The standard InChI is InChI=1S/C15H15ClFNO/c16-10-4-3-9(6-11(10)17)18-15(19)14-12-7-1-2-8(5-7)13(12)14/h3-4,6-8,12-14H,1-2,5H2,(H,18,19). The van der Waals surface area contributed by atoms with Crippen molar-refractivity contribution in [3.05, 3.63) is 29.0 Å². The largest absolute Gasteiger partial charge is 0.326 e. The molecule has 0 spiro atoms. The number of fused-ring (bicyclic) bond motifs is 5. The summed E-state index contributed by atoms with van der Waals surface area (Å²) in [6.07, 6.45) is 3.92. The molecule has 3 aliphatic rings. The Labute approximate surface area is 116 Å². The summed E-state index contributed by atoms with van der Waals surface area (Å²) in [5.41, 5.74) is 0.504. The lowest BCUT2D eigenvalue weighted by molar-refractivity contribution is -0.118. The van der Waals surface area contributed by atoms with Crippen molar-refractivity contribution >= 4 is 23.2 Å². The van der Waals surface area contributed by atoms with Gasteiger partial charge in [-0.05, 0) is 61.1 Å². The number of halogens is 2. The van der Waals surface area contributed by atoms with E-state index >= 15 is 0 Å². The highest BCUT2D eigenvalue weighted by Gasteiger charge is 2.67. The molecule has 3 aliphatic carbocycles. The van der Waals surface area contributed by atoms with E-state index in [1.807, 2.05) is 0 Å². The first kappa shape index (κ1) is 11.7. The minimum Gasteiger partial charge on any atom is -0.326 e. The molecule has 4 heteroatoms. The molecule has 0 heterocycles. The summed E-state index contributed by atoms with van der Waals surface area (Å²) in [7, 11) is 0. The van der Waals surface area contributed by atoms with Crippen LogP contribution in [-0.4, -0.2) is 5.91 Å². The Balaban J connectivity index is 1.47. The number of carbonyl (C=O) groups is 1. The fourth-order valence-corrected chi connectivity index (χ4v) is 4.59. The van der Waals surface area contributed by atoms with E-state index in [0.717, 1.165) is 11.8 Å². The fourth-order valence-electron chi connectivity index (χ4n) is 4.48. The molecule has 1 amide bonds. The van der Waals surface area contributed by atoms with Crippen LogP contribution in [0.1, 0.15) is 19.3 Å². The van der Waals surface area contributed by atoms with E-state index in [9.17, 15) is 9.18 Å². The van der Waals surface area contributed by atoms with Gasteiger partial charge in [0.15, 0.2) is 0 Å². The van der Waals surface area contributed by atoms with Crippen molar-refractivity contribution < 1.29 is 9.18 Å². The van der Waals surface area contributed by atoms with Crippen LogP contribution < -0.4 is 5.32 Å². The van der Waals surface area contributed by atoms with E-state index < -0.39 is 5.82 Å². The van der Waals surface area contributed by atoms with Gasteiger partial charge in [0.1, 0.15) is 5.82 Å².